The van der Waals surface area contributed by atoms with Crippen LogP contribution in [0.15, 0.2) is 18.2 Å². The summed E-state index contributed by atoms with van der Waals surface area (Å²) in [5.74, 6) is 0.830. The van der Waals surface area contributed by atoms with E-state index < -0.39 is 0 Å². The molecule has 1 unspecified atom stereocenters. The lowest BCUT2D eigenvalue weighted by Gasteiger charge is -2.30. The number of anilines is 1. The van der Waals surface area contributed by atoms with Crippen molar-refractivity contribution in [1.82, 2.24) is 0 Å². The maximum Gasteiger partial charge on any atom is 0.0426 e. The van der Waals surface area contributed by atoms with E-state index in [2.05, 4.69) is 31.0 Å². The first kappa shape index (κ1) is 15.7. The van der Waals surface area contributed by atoms with Crippen molar-refractivity contribution in [3.63, 3.8) is 0 Å². The first-order valence-electron chi connectivity index (χ1n) is 7.81. The monoisotopic (exact) mass is 294 g/mol. The fraction of sp³-hybridized carbons (Fsp3) is 0.647. The van der Waals surface area contributed by atoms with Gasteiger partial charge < -0.3 is 10.6 Å². The Morgan fingerprint density at radius 3 is 2.65 bits per heavy atom. The fourth-order valence-electron chi connectivity index (χ4n) is 3.27. The Morgan fingerprint density at radius 2 is 2.00 bits per heavy atom. The van der Waals surface area contributed by atoms with Gasteiger partial charge in [-0.3, -0.25) is 0 Å². The van der Waals surface area contributed by atoms with Gasteiger partial charge in [0.25, 0.3) is 0 Å². The molecule has 0 radical (unpaired) electrons. The van der Waals surface area contributed by atoms with E-state index in [0.717, 1.165) is 23.9 Å². The molecule has 0 aliphatic heterocycles. The normalized spacial score (nSPS) is 18.0. The second-order valence-electron chi connectivity index (χ2n) is 6.34. The van der Waals surface area contributed by atoms with Crippen LogP contribution in [0.25, 0.3) is 0 Å². The third-order valence-corrected chi connectivity index (χ3v) is 4.49. The molecule has 2 rings (SSSR count). The molecule has 1 aliphatic carbocycles. The van der Waals surface area contributed by atoms with Crippen LogP contribution in [-0.2, 0) is 6.42 Å². The molecule has 0 aromatic heterocycles. The first-order chi connectivity index (χ1) is 9.56. The quantitative estimate of drug-likeness (QED) is 0.880. The Labute approximate surface area is 128 Å². The van der Waals surface area contributed by atoms with Crippen molar-refractivity contribution in [3.05, 3.63) is 28.8 Å². The van der Waals surface area contributed by atoms with Crippen LogP contribution in [0.5, 0.6) is 0 Å². The lowest BCUT2D eigenvalue weighted by atomic mass is 9.89. The Bertz CT molecular complexity index is 425. The second-order valence-corrected chi connectivity index (χ2v) is 6.78. The van der Waals surface area contributed by atoms with E-state index in [1.54, 1.807) is 0 Å². The Kier molecular flexibility index (Phi) is 5.74. The van der Waals surface area contributed by atoms with Crippen LogP contribution in [0.3, 0.4) is 0 Å². The van der Waals surface area contributed by atoms with E-state index >= 15 is 0 Å². The van der Waals surface area contributed by atoms with Crippen LogP contribution in [0.1, 0.15) is 44.6 Å². The van der Waals surface area contributed by atoms with Gasteiger partial charge in [0.05, 0.1) is 0 Å². The third-order valence-electron chi connectivity index (χ3n) is 4.26. The van der Waals surface area contributed by atoms with E-state index in [0.29, 0.717) is 0 Å². The zero-order chi connectivity index (χ0) is 14.5. The number of hydrogen-bond donors (Lipinski definition) is 1. The van der Waals surface area contributed by atoms with E-state index in [1.165, 1.54) is 43.4 Å². The molecule has 0 saturated heterocycles. The van der Waals surface area contributed by atoms with E-state index in [9.17, 15) is 0 Å². The molecule has 20 heavy (non-hydrogen) atoms. The van der Waals surface area contributed by atoms with Gasteiger partial charge in [0.1, 0.15) is 0 Å². The summed E-state index contributed by atoms with van der Waals surface area (Å²) < 4.78 is 0. The topological polar surface area (TPSA) is 29.3 Å². The summed E-state index contributed by atoms with van der Waals surface area (Å²) in [6.07, 6.45) is 7.83. The van der Waals surface area contributed by atoms with Gasteiger partial charge in [-0.15, -0.1) is 0 Å². The minimum absolute atomic E-state index is 0.179. The van der Waals surface area contributed by atoms with Crippen molar-refractivity contribution in [2.45, 2.75) is 51.5 Å². The molecule has 1 fully saturated rings. The summed E-state index contributed by atoms with van der Waals surface area (Å²) in [7, 11) is 2.19. The lowest BCUT2D eigenvalue weighted by Crippen LogP contribution is -2.28. The summed E-state index contributed by atoms with van der Waals surface area (Å²) in [6.45, 7) is 3.19. The standard InChI is InChI=1S/C17H27ClN2/c1-13(19)10-15-8-9-16(18)11-17(15)20(2)12-14-6-4-3-5-7-14/h8-9,11,13-14H,3-7,10,12,19H2,1-2H3. The van der Waals surface area contributed by atoms with Gasteiger partial charge in [-0.05, 0) is 49.8 Å². The molecule has 1 aromatic rings. The van der Waals surface area contributed by atoms with Crippen molar-refractivity contribution in [2.24, 2.45) is 11.7 Å². The molecular weight excluding hydrogens is 268 g/mol. The summed E-state index contributed by atoms with van der Waals surface area (Å²) in [5, 5.41) is 0.809. The van der Waals surface area contributed by atoms with Gasteiger partial charge in [0.15, 0.2) is 0 Å². The second kappa shape index (κ2) is 7.33. The van der Waals surface area contributed by atoms with Crippen LogP contribution in [0, 0.1) is 5.92 Å². The Hall–Kier alpha value is -0.730. The van der Waals surface area contributed by atoms with Crippen LogP contribution >= 0.6 is 11.6 Å². The minimum atomic E-state index is 0.179. The van der Waals surface area contributed by atoms with Crippen molar-refractivity contribution < 1.29 is 0 Å². The summed E-state index contributed by atoms with van der Waals surface area (Å²) in [6, 6.07) is 6.36. The molecule has 0 spiro atoms. The van der Waals surface area contributed by atoms with Crippen LogP contribution in [0.4, 0.5) is 5.69 Å². The number of benzene rings is 1. The summed E-state index contributed by atoms with van der Waals surface area (Å²) >= 11 is 6.18. The average Bonchev–Trinajstić information content (AvgIpc) is 2.41. The maximum absolute atomic E-state index is 6.18. The SMILES string of the molecule is CC(N)Cc1ccc(Cl)cc1N(C)CC1CCCCC1. The maximum atomic E-state index is 6.18. The number of rotatable bonds is 5. The first-order valence-corrected chi connectivity index (χ1v) is 8.19. The molecular formula is C17H27ClN2. The van der Waals surface area contributed by atoms with Gasteiger partial charge in [-0.1, -0.05) is 36.9 Å². The zero-order valence-corrected chi connectivity index (χ0v) is 13.5. The Balaban J connectivity index is 2.10. The van der Waals surface area contributed by atoms with Crippen LogP contribution < -0.4 is 10.6 Å². The lowest BCUT2D eigenvalue weighted by molar-refractivity contribution is 0.362. The molecule has 0 heterocycles. The molecule has 0 amide bonds. The molecule has 1 aliphatic rings. The zero-order valence-electron chi connectivity index (χ0n) is 12.7. The van der Waals surface area contributed by atoms with Crippen molar-refractivity contribution in [2.75, 3.05) is 18.5 Å². The Morgan fingerprint density at radius 1 is 1.30 bits per heavy atom. The van der Waals surface area contributed by atoms with Crippen molar-refractivity contribution in [3.8, 4) is 0 Å². The van der Waals surface area contributed by atoms with Gasteiger partial charge in [0, 0.05) is 30.3 Å². The van der Waals surface area contributed by atoms with E-state index in [-0.39, 0.29) is 6.04 Å². The van der Waals surface area contributed by atoms with Gasteiger partial charge >= 0.3 is 0 Å². The highest BCUT2D eigenvalue weighted by atomic mass is 35.5. The third kappa shape index (κ3) is 4.39. The van der Waals surface area contributed by atoms with Crippen LogP contribution in [-0.4, -0.2) is 19.6 Å². The number of halogens is 1. The van der Waals surface area contributed by atoms with E-state index in [1.807, 2.05) is 6.07 Å². The molecule has 2 nitrogen and oxygen atoms in total. The molecule has 1 aromatic carbocycles. The molecule has 112 valence electrons. The molecule has 0 bridgehead atoms. The molecule has 1 atom stereocenters. The fourth-order valence-corrected chi connectivity index (χ4v) is 3.43. The summed E-state index contributed by atoms with van der Waals surface area (Å²) in [4.78, 5) is 2.37. The highest BCUT2D eigenvalue weighted by Gasteiger charge is 2.17. The number of nitrogens with two attached hydrogens (primary N) is 1. The predicted octanol–water partition coefficient (Wildman–Crippen LogP) is 4.25. The highest BCUT2D eigenvalue weighted by Crippen LogP contribution is 2.29. The predicted molar refractivity (Wildman–Crippen MR) is 88.7 cm³/mol. The van der Waals surface area contributed by atoms with E-state index in [4.69, 9.17) is 17.3 Å². The molecule has 3 heteroatoms. The van der Waals surface area contributed by atoms with Gasteiger partial charge in [0.2, 0.25) is 0 Å². The van der Waals surface area contributed by atoms with Gasteiger partial charge in [-0.25, -0.2) is 0 Å². The van der Waals surface area contributed by atoms with Crippen molar-refractivity contribution >= 4 is 17.3 Å². The van der Waals surface area contributed by atoms with Crippen LogP contribution in [0.2, 0.25) is 5.02 Å². The largest absolute Gasteiger partial charge is 0.374 e. The number of hydrogen-bond acceptors (Lipinski definition) is 2. The summed E-state index contributed by atoms with van der Waals surface area (Å²) in [5.41, 5.74) is 8.52. The molecule has 1 saturated carbocycles. The minimum Gasteiger partial charge on any atom is -0.374 e. The average molecular weight is 295 g/mol. The van der Waals surface area contributed by atoms with Crippen molar-refractivity contribution in [1.29, 1.82) is 0 Å². The number of nitrogens with zero attached hydrogens (tertiary/aromatic N) is 1. The van der Waals surface area contributed by atoms with Gasteiger partial charge in [-0.2, -0.15) is 0 Å². The molecule has 2 N–H and O–H groups in total. The highest BCUT2D eigenvalue weighted by molar-refractivity contribution is 6.30. The smallest absolute Gasteiger partial charge is 0.0426 e.